The van der Waals surface area contributed by atoms with Gasteiger partial charge in [0.25, 0.3) is 0 Å². The second kappa shape index (κ2) is 9.41. The third kappa shape index (κ3) is 3.98. The molecule has 208 valence electrons. The van der Waals surface area contributed by atoms with E-state index in [4.69, 9.17) is 18.8 Å². The van der Waals surface area contributed by atoms with Crippen LogP contribution in [0.1, 0.15) is 0 Å². The Morgan fingerprint density at radius 3 is 1.73 bits per heavy atom. The number of fused-ring (bicyclic) bond motifs is 5. The minimum absolute atomic E-state index is 0.787. The van der Waals surface area contributed by atoms with Crippen LogP contribution < -0.4 is 0 Å². The van der Waals surface area contributed by atoms with Crippen molar-refractivity contribution in [1.29, 1.82) is 0 Å². The first-order chi connectivity index (χ1) is 21.7. The van der Waals surface area contributed by atoms with E-state index >= 15 is 0 Å². The molecule has 0 fully saturated rings. The molecule has 0 bridgehead atoms. The summed E-state index contributed by atoms with van der Waals surface area (Å²) in [5, 5.41) is 7.38. The maximum absolute atomic E-state index is 6.10. The van der Waals surface area contributed by atoms with Gasteiger partial charge in [0.1, 0.15) is 26.9 Å². The Balaban J connectivity index is 0.980. The molecule has 6 aromatic heterocycles. The average molecular weight is 640 g/mol. The summed E-state index contributed by atoms with van der Waals surface area (Å²) in [6, 6.07) is 33.4. The molecule has 0 unspecified atom stereocenters. The van der Waals surface area contributed by atoms with E-state index in [-0.39, 0.29) is 0 Å². The highest BCUT2D eigenvalue weighted by atomic mass is 32.1. The van der Waals surface area contributed by atoms with Crippen molar-refractivity contribution in [1.82, 2.24) is 15.0 Å². The summed E-state index contributed by atoms with van der Waals surface area (Å²) >= 11 is 6.74. The number of benzene rings is 4. The van der Waals surface area contributed by atoms with Crippen molar-refractivity contribution in [3.63, 3.8) is 0 Å². The van der Waals surface area contributed by atoms with Crippen LogP contribution in [0.5, 0.6) is 0 Å². The van der Waals surface area contributed by atoms with E-state index in [1.54, 1.807) is 45.3 Å². The van der Waals surface area contributed by atoms with E-state index in [9.17, 15) is 0 Å². The molecule has 0 amide bonds. The second-order valence-electron chi connectivity index (χ2n) is 10.5. The molecule has 0 aliphatic rings. The number of aromatic nitrogens is 3. The molecule has 0 N–H and O–H groups in total. The van der Waals surface area contributed by atoms with Gasteiger partial charge in [-0.1, -0.05) is 36.4 Å². The first-order valence-corrected chi connectivity index (χ1v) is 17.2. The van der Waals surface area contributed by atoms with E-state index < -0.39 is 0 Å². The Hall–Kier alpha value is -4.67. The van der Waals surface area contributed by atoms with Gasteiger partial charge >= 0.3 is 0 Å². The first kappa shape index (κ1) is 24.7. The number of para-hydroxylation sites is 2. The molecule has 5 nitrogen and oxygen atoms in total. The zero-order valence-electron chi connectivity index (χ0n) is 22.6. The predicted octanol–water partition coefficient (Wildman–Crippen LogP) is 11.7. The van der Waals surface area contributed by atoms with E-state index in [0.29, 0.717) is 0 Å². The summed E-state index contributed by atoms with van der Waals surface area (Å²) in [4.78, 5) is 18.0. The summed E-state index contributed by atoms with van der Waals surface area (Å²) in [6.45, 7) is 0. The summed E-state index contributed by atoms with van der Waals surface area (Å²) in [5.74, 6) is 1.68. The summed E-state index contributed by atoms with van der Waals surface area (Å²) in [7, 11) is 0. The highest BCUT2D eigenvalue weighted by Crippen LogP contribution is 2.42. The molecule has 0 spiro atoms. The molecule has 9 heteroatoms. The van der Waals surface area contributed by atoms with Gasteiger partial charge in [0.05, 0.1) is 35.1 Å². The second-order valence-corrected chi connectivity index (χ2v) is 14.7. The smallest absolute Gasteiger partial charge is 0.164 e. The Morgan fingerprint density at radius 2 is 1.05 bits per heavy atom. The van der Waals surface area contributed by atoms with Crippen LogP contribution >= 0.6 is 45.3 Å². The fourth-order valence-corrected chi connectivity index (χ4v) is 9.48. The number of hydrogen-bond donors (Lipinski definition) is 0. The lowest BCUT2D eigenvalue weighted by Gasteiger charge is -1.97. The molecule has 0 saturated heterocycles. The van der Waals surface area contributed by atoms with Gasteiger partial charge in [-0.15, -0.1) is 45.3 Å². The molecule has 4 aromatic carbocycles. The van der Waals surface area contributed by atoms with Crippen LogP contribution in [0.3, 0.4) is 0 Å². The van der Waals surface area contributed by atoms with Crippen molar-refractivity contribution in [2.75, 3.05) is 0 Å². The van der Waals surface area contributed by atoms with Crippen LogP contribution in [-0.2, 0) is 0 Å². The number of furan rings is 2. The highest BCUT2D eigenvalue weighted by molar-refractivity contribution is 7.27. The van der Waals surface area contributed by atoms with Gasteiger partial charge in [-0.3, -0.25) is 0 Å². The van der Waals surface area contributed by atoms with Gasteiger partial charge in [-0.25, -0.2) is 15.0 Å². The van der Waals surface area contributed by atoms with Crippen LogP contribution in [-0.4, -0.2) is 15.0 Å². The van der Waals surface area contributed by atoms with Gasteiger partial charge in [0, 0.05) is 17.0 Å². The van der Waals surface area contributed by atoms with Crippen LogP contribution in [0.25, 0.3) is 94.3 Å². The zero-order chi connectivity index (χ0) is 28.8. The molecule has 0 aliphatic heterocycles. The lowest BCUT2D eigenvalue weighted by Crippen LogP contribution is -1.76. The summed E-state index contributed by atoms with van der Waals surface area (Å²) in [5.41, 5.74) is 3.78. The molecule has 10 rings (SSSR count). The number of hydrogen-bond acceptors (Lipinski definition) is 9. The number of rotatable bonds is 4. The summed E-state index contributed by atoms with van der Waals surface area (Å²) in [6.07, 6.45) is 1.90. The van der Waals surface area contributed by atoms with Crippen molar-refractivity contribution in [3.8, 4) is 41.2 Å². The number of thiazole rings is 3. The van der Waals surface area contributed by atoms with Crippen molar-refractivity contribution < 1.29 is 8.83 Å². The number of nitrogens with zero attached hydrogens (tertiary/aromatic N) is 3. The highest BCUT2D eigenvalue weighted by Gasteiger charge is 2.17. The van der Waals surface area contributed by atoms with Crippen LogP contribution in [0.15, 0.2) is 112 Å². The molecular weight excluding hydrogens is 623 g/mol. The van der Waals surface area contributed by atoms with Crippen LogP contribution in [0, 0.1) is 0 Å². The lowest BCUT2D eigenvalue weighted by atomic mass is 10.1. The predicted molar refractivity (Wildman–Crippen MR) is 185 cm³/mol. The van der Waals surface area contributed by atoms with Gasteiger partial charge in [0.2, 0.25) is 0 Å². The zero-order valence-corrected chi connectivity index (χ0v) is 25.9. The largest absolute Gasteiger partial charge is 0.455 e. The van der Waals surface area contributed by atoms with E-state index in [1.807, 2.05) is 48.7 Å². The molecule has 0 radical (unpaired) electrons. The fraction of sp³-hybridized carbons (Fsp3) is 0. The molecule has 44 heavy (non-hydrogen) atoms. The quantitative estimate of drug-likeness (QED) is 0.192. The van der Waals surface area contributed by atoms with Gasteiger partial charge in [-0.2, -0.15) is 0 Å². The minimum atomic E-state index is 0.787. The monoisotopic (exact) mass is 639 g/mol. The van der Waals surface area contributed by atoms with Crippen molar-refractivity contribution in [3.05, 3.63) is 103 Å². The minimum Gasteiger partial charge on any atom is -0.455 e. The average Bonchev–Trinajstić information content (AvgIpc) is 3.88. The maximum Gasteiger partial charge on any atom is 0.164 e. The number of thiophene rings is 1. The SMILES string of the molecule is c1ccc2oc(-c3ccc(-c4nc5cc6cc7sc(-c8cnc(-c9cc%10ccccc%10o9)s8)nc7cc6cc5s4)s3)cc2c1. The Bertz CT molecular complexity index is 2380. The molecule has 0 aliphatic carbocycles. The molecule has 0 saturated carbocycles. The third-order valence-electron chi connectivity index (χ3n) is 7.69. The van der Waals surface area contributed by atoms with Crippen molar-refractivity contribution in [2.24, 2.45) is 0 Å². The first-order valence-electron chi connectivity index (χ1n) is 13.9. The third-order valence-corrected chi connectivity index (χ3v) is 12.2. The topological polar surface area (TPSA) is 65.0 Å². The van der Waals surface area contributed by atoms with Crippen LogP contribution in [0.4, 0.5) is 0 Å². The molecular formula is C35H17N3O2S4. The van der Waals surface area contributed by atoms with Gasteiger partial charge in [0.15, 0.2) is 10.8 Å². The Morgan fingerprint density at radius 1 is 0.455 bits per heavy atom. The molecule has 0 atom stereocenters. The Labute approximate surface area is 265 Å². The summed E-state index contributed by atoms with van der Waals surface area (Å²) < 4.78 is 14.4. The normalized spacial score (nSPS) is 12.1. The van der Waals surface area contributed by atoms with E-state index in [0.717, 1.165) is 78.8 Å². The van der Waals surface area contributed by atoms with Crippen molar-refractivity contribution in [2.45, 2.75) is 0 Å². The molecule has 6 heterocycles. The van der Waals surface area contributed by atoms with Gasteiger partial charge < -0.3 is 8.83 Å². The van der Waals surface area contributed by atoms with Crippen LogP contribution in [0.2, 0.25) is 0 Å². The Kier molecular flexibility index (Phi) is 5.29. The molecule has 10 aromatic rings. The van der Waals surface area contributed by atoms with E-state index in [2.05, 4.69) is 59.6 Å². The standard InChI is InChI=1S/C35H17N3O2S4/c1-3-7-24-18(5-1)13-26(39-24)28-9-10-29(41-28)34-37-22-11-20-16-31-23(12-21(20)15-30(22)42-34)38-35(43-31)32-17-36-33(44-32)27-14-19-6-2-4-8-25(19)40-27/h1-17H. The lowest BCUT2D eigenvalue weighted by molar-refractivity contribution is 0.631. The van der Waals surface area contributed by atoms with Gasteiger partial charge in [-0.05, 0) is 71.4 Å². The maximum atomic E-state index is 6.10. The van der Waals surface area contributed by atoms with E-state index in [1.165, 1.54) is 15.5 Å². The van der Waals surface area contributed by atoms with Crippen molar-refractivity contribution >= 4 is 98.5 Å². The fourth-order valence-electron chi connectivity index (χ4n) is 5.57.